The minimum Gasteiger partial charge on any atom is -0.483 e. The number of aryl methyl sites for hydroxylation is 2. The van der Waals surface area contributed by atoms with Crippen LogP contribution in [0.3, 0.4) is 0 Å². The van der Waals surface area contributed by atoms with E-state index in [2.05, 4.69) is 28.3 Å². The number of pyridine rings is 1. The number of hydrogen-bond acceptors (Lipinski definition) is 7. The maximum atomic E-state index is 13.1. The number of nitriles is 1. The second-order valence-corrected chi connectivity index (χ2v) is 10.1. The van der Waals surface area contributed by atoms with Gasteiger partial charge in [0.2, 0.25) is 0 Å². The van der Waals surface area contributed by atoms with E-state index in [1.165, 1.54) is 11.3 Å². The van der Waals surface area contributed by atoms with Crippen molar-refractivity contribution in [3.63, 3.8) is 0 Å². The highest BCUT2D eigenvalue weighted by Gasteiger charge is 2.48. The summed E-state index contributed by atoms with van der Waals surface area (Å²) in [6, 6.07) is 13.6. The van der Waals surface area contributed by atoms with Crippen molar-refractivity contribution < 1.29 is 14.7 Å². The highest BCUT2D eigenvalue weighted by molar-refractivity contribution is 7.19. The number of aromatic nitrogens is 2. The van der Waals surface area contributed by atoms with Gasteiger partial charge in [-0.1, -0.05) is 23.5 Å². The van der Waals surface area contributed by atoms with Crippen LogP contribution in [0, 0.1) is 25.2 Å². The number of rotatable bonds is 3. The van der Waals surface area contributed by atoms with Gasteiger partial charge in [0.25, 0.3) is 6.47 Å². The fourth-order valence-corrected chi connectivity index (χ4v) is 5.80. The molecule has 0 radical (unpaired) electrons. The van der Waals surface area contributed by atoms with E-state index in [9.17, 15) is 10.1 Å². The molecule has 3 aromatic rings. The van der Waals surface area contributed by atoms with Gasteiger partial charge in [-0.2, -0.15) is 5.26 Å². The van der Waals surface area contributed by atoms with Crippen LogP contribution in [0.25, 0.3) is 21.7 Å². The van der Waals surface area contributed by atoms with Gasteiger partial charge in [0.1, 0.15) is 0 Å². The summed E-state index contributed by atoms with van der Waals surface area (Å²) in [7, 11) is 2.14. The van der Waals surface area contributed by atoms with Crippen molar-refractivity contribution in [1.82, 2.24) is 19.8 Å². The molecule has 2 fully saturated rings. The molecule has 5 rings (SSSR count). The van der Waals surface area contributed by atoms with Crippen LogP contribution < -0.4 is 5.32 Å². The Morgan fingerprint density at radius 3 is 2.44 bits per heavy atom. The molecule has 2 aliphatic heterocycles. The van der Waals surface area contributed by atoms with Gasteiger partial charge in [-0.05, 0) is 63.6 Å². The van der Waals surface area contributed by atoms with Crippen LogP contribution in [0.4, 0.5) is 9.93 Å². The molecule has 0 saturated carbocycles. The molecule has 10 heteroatoms. The minimum atomic E-state index is -0.250. The summed E-state index contributed by atoms with van der Waals surface area (Å²) < 4.78 is 0. The van der Waals surface area contributed by atoms with Crippen LogP contribution >= 0.6 is 11.3 Å². The average Bonchev–Trinajstić information content (AvgIpc) is 3.50. The number of carbonyl (C=O) groups excluding carboxylic acids is 1. The molecule has 36 heavy (non-hydrogen) atoms. The molecular formula is C26H28N6O3S. The van der Waals surface area contributed by atoms with Crippen molar-refractivity contribution >= 4 is 29.0 Å². The molecule has 0 aliphatic carbocycles. The quantitative estimate of drug-likeness (QED) is 0.508. The Morgan fingerprint density at radius 1 is 1.17 bits per heavy atom. The van der Waals surface area contributed by atoms with Crippen molar-refractivity contribution in [3.8, 4) is 27.8 Å². The van der Waals surface area contributed by atoms with Crippen LogP contribution in [-0.4, -0.2) is 69.6 Å². The van der Waals surface area contributed by atoms with Crippen LogP contribution in [-0.2, 0) is 4.79 Å². The number of thiazole rings is 1. The lowest BCUT2D eigenvalue weighted by Gasteiger charge is -2.48. The molecule has 1 atom stereocenters. The molecule has 186 valence electrons. The Balaban J connectivity index is 0.000000967. The first kappa shape index (κ1) is 25.3. The largest absolute Gasteiger partial charge is 0.483 e. The van der Waals surface area contributed by atoms with E-state index in [0.717, 1.165) is 65.6 Å². The van der Waals surface area contributed by atoms with Gasteiger partial charge in [0.05, 0.1) is 22.2 Å². The first-order valence-corrected chi connectivity index (χ1v) is 12.4. The summed E-state index contributed by atoms with van der Waals surface area (Å²) in [4.78, 5) is 35.9. The predicted molar refractivity (Wildman–Crippen MR) is 139 cm³/mol. The number of likely N-dealkylation sites (tertiary alicyclic amines) is 2. The number of urea groups is 1. The first-order chi connectivity index (χ1) is 17.3. The lowest BCUT2D eigenvalue weighted by atomic mass is 9.85. The molecule has 2 N–H and O–H groups in total. The van der Waals surface area contributed by atoms with Gasteiger partial charge in [0.15, 0.2) is 5.13 Å². The van der Waals surface area contributed by atoms with Crippen molar-refractivity contribution in [3.05, 3.63) is 53.3 Å². The molecule has 1 unspecified atom stereocenters. The zero-order valence-corrected chi connectivity index (χ0v) is 21.3. The molecule has 1 spiro atoms. The maximum absolute atomic E-state index is 13.1. The van der Waals surface area contributed by atoms with E-state index in [-0.39, 0.29) is 18.0 Å². The van der Waals surface area contributed by atoms with E-state index >= 15 is 0 Å². The van der Waals surface area contributed by atoms with E-state index in [1.54, 1.807) is 6.07 Å². The normalized spacial score (nSPS) is 18.7. The van der Waals surface area contributed by atoms with E-state index in [1.807, 2.05) is 49.1 Å². The fraction of sp³-hybridized carbons (Fsp3) is 0.346. The van der Waals surface area contributed by atoms with Crippen molar-refractivity contribution in [2.24, 2.45) is 0 Å². The third-order valence-corrected chi connectivity index (χ3v) is 7.81. The van der Waals surface area contributed by atoms with Gasteiger partial charge in [-0.15, -0.1) is 0 Å². The first-order valence-electron chi connectivity index (χ1n) is 11.6. The highest BCUT2D eigenvalue weighted by Crippen LogP contribution is 2.41. The molecule has 9 nitrogen and oxygen atoms in total. The highest BCUT2D eigenvalue weighted by atomic mass is 32.1. The second-order valence-electron chi connectivity index (χ2n) is 9.13. The Morgan fingerprint density at radius 2 is 1.86 bits per heavy atom. The smallest absolute Gasteiger partial charge is 0.323 e. The average molecular weight is 505 g/mol. The van der Waals surface area contributed by atoms with Gasteiger partial charge < -0.3 is 10.0 Å². The summed E-state index contributed by atoms with van der Waals surface area (Å²) in [5.41, 5.74) is 5.19. The molecule has 2 aromatic heterocycles. The number of benzene rings is 1. The third-order valence-electron chi connectivity index (χ3n) is 6.79. The van der Waals surface area contributed by atoms with Crippen LogP contribution in [0.1, 0.15) is 29.8 Å². The number of amides is 2. The molecular weight excluding hydrogens is 476 g/mol. The predicted octanol–water partition coefficient (Wildman–Crippen LogP) is 4.37. The third kappa shape index (κ3) is 5.08. The summed E-state index contributed by atoms with van der Waals surface area (Å²) in [6.07, 6.45) is 2.16. The molecule has 0 bridgehead atoms. The van der Waals surface area contributed by atoms with Gasteiger partial charge in [0, 0.05) is 42.1 Å². The molecule has 2 aliphatic rings. The lowest BCUT2D eigenvalue weighted by molar-refractivity contribution is -0.122. The topological polar surface area (TPSA) is 122 Å². The number of carboxylic acid groups (broad SMARTS) is 1. The Hall–Kier alpha value is -3.81. The van der Waals surface area contributed by atoms with Crippen molar-refractivity contribution in [1.29, 1.82) is 5.26 Å². The summed E-state index contributed by atoms with van der Waals surface area (Å²) in [6.45, 7) is 6.30. The maximum Gasteiger partial charge on any atom is 0.323 e. The number of hydrogen-bond donors (Lipinski definition) is 2. The van der Waals surface area contributed by atoms with E-state index in [0.29, 0.717) is 10.7 Å². The monoisotopic (exact) mass is 504 g/mol. The van der Waals surface area contributed by atoms with Crippen molar-refractivity contribution in [2.75, 3.05) is 32.0 Å². The van der Waals surface area contributed by atoms with E-state index < -0.39 is 0 Å². The number of likely N-dealkylation sites (N-methyl/N-ethyl adjacent to an activating group) is 1. The SMILES string of the molecule is Cc1cc(-c2sc(NC(=O)N3CCC4(CCN4C)C3)nc2-c2cccc(C#N)c2)cc(C)n1.O=CO. The molecule has 2 amide bonds. The van der Waals surface area contributed by atoms with Crippen LogP contribution in [0.5, 0.6) is 0 Å². The zero-order chi connectivity index (χ0) is 25.9. The zero-order valence-electron chi connectivity index (χ0n) is 20.5. The van der Waals surface area contributed by atoms with Crippen LogP contribution in [0.15, 0.2) is 36.4 Å². The summed E-state index contributed by atoms with van der Waals surface area (Å²) in [5.74, 6) is 0. The van der Waals surface area contributed by atoms with Crippen LogP contribution in [0.2, 0.25) is 0 Å². The number of nitrogens with zero attached hydrogens (tertiary/aromatic N) is 5. The van der Waals surface area contributed by atoms with Crippen molar-refractivity contribution in [2.45, 2.75) is 32.2 Å². The second kappa shape index (κ2) is 10.4. The summed E-state index contributed by atoms with van der Waals surface area (Å²) in [5, 5.41) is 19.8. The number of carbonyl (C=O) groups is 2. The van der Waals surface area contributed by atoms with Gasteiger partial charge in [-0.3, -0.25) is 20.0 Å². The molecule has 2 saturated heterocycles. The van der Waals surface area contributed by atoms with E-state index in [4.69, 9.17) is 14.9 Å². The lowest BCUT2D eigenvalue weighted by Crippen LogP contribution is -2.59. The summed E-state index contributed by atoms with van der Waals surface area (Å²) >= 11 is 1.45. The van der Waals surface area contributed by atoms with Gasteiger partial charge in [-0.25, -0.2) is 9.78 Å². The molecule has 1 aromatic carbocycles. The number of nitrogens with one attached hydrogen (secondary N) is 1. The fourth-order valence-electron chi connectivity index (χ4n) is 4.83. The number of anilines is 1. The Labute approximate surface area is 214 Å². The standard InChI is InChI=1S/C25H26N6OS.CH2O2/c1-16-11-20(12-17(2)27-16)22-21(19-6-4-5-18(13-19)14-26)28-23(33-22)29-24(32)31-10-8-25(15-31)7-9-30(25)3;2-1-3/h4-6,11-13H,7-10,15H2,1-3H3,(H,28,29,32);1H,(H,2,3). The molecule has 4 heterocycles. The Kier molecular flexibility index (Phi) is 7.33. The minimum absolute atomic E-state index is 0.105. The Bertz CT molecular complexity index is 1310. The van der Waals surface area contributed by atoms with Gasteiger partial charge >= 0.3 is 6.03 Å².